The van der Waals surface area contributed by atoms with Crippen molar-refractivity contribution in [1.29, 1.82) is 0 Å². The molecule has 1 aliphatic heterocycles. The zero-order valence-corrected chi connectivity index (χ0v) is 17.4. The number of likely N-dealkylation sites (N-methyl/N-ethyl adjacent to an activating group) is 1. The van der Waals surface area contributed by atoms with E-state index in [1.54, 1.807) is 17.0 Å². The SMILES string of the molecule is Cc1c(C2CN(C)CCN2C=O)nn(-c2ccc(F)cc2F)c1-c1ccc(Cl)cc1. The molecule has 0 radical (unpaired) electrons. The summed E-state index contributed by atoms with van der Waals surface area (Å²) >= 11 is 6.04. The number of hydrogen-bond donors (Lipinski definition) is 0. The van der Waals surface area contributed by atoms with E-state index in [2.05, 4.69) is 4.90 Å². The highest BCUT2D eigenvalue weighted by Gasteiger charge is 2.31. The quantitative estimate of drug-likeness (QED) is 0.582. The molecule has 1 atom stereocenters. The van der Waals surface area contributed by atoms with Gasteiger partial charge < -0.3 is 9.80 Å². The van der Waals surface area contributed by atoms with Crippen LogP contribution in [0.4, 0.5) is 8.78 Å². The molecular weight excluding hydrogens is 410 g/mol. The molecule has 0 spiro atoms. The lowest BCUT2D eigenvalue weighted by atomic mass is 10.0. The van der Waals surface area contributed by atoms with Crippen molar-refractivity contribution in [3.8, 4) is 16.9 Å². The van der Waals surface area contributed by atoms with Crippen LogP contribution in [0.15, 0.2) is 42.5 Å². The van der Waals surface area contributed by atoms with Crippen molar-refractivity contribution >= 4 is 18.0 Å². The molecule has 8 heteroatoms. The molecular formula is C22H21ClF2N4O. The van der Waals surface area contributed by atoms with Crippen LogP contribution in [0.3, 0.4) is 0 Å². The maximum absolute atomic E-state index is 14.7. The van der Waals surface area contributed by atoms with Gasteiger partial charge in [0.1, 0.15) is 11.5 Å². The third-order valence-electron chi connectivity index (χ3n) is 5.49. The number of piperazine rings is 1. The van der Waals surface area contributed by atoms with Crippen LogP contribution in [0.25, 0.3) is 16.9 Å². The van der Waals surface area contributed by atoms with E-state index in [1.165, 1.54) is 16.8 Å². The predicted molar refractivity (Wildman–Crippen MR) is 112 cm³/mol. The number of benzene rings is 2. The number of carbonyl (C=O) groups excluding carboxylic acids is 1. The van der Waals surface area contributed by atoms with Crippen molar-refractivity contribution in [3.63, 3.8) is 0 Å². The Labute approximate surface area is 178 Å². The first-order chi connectivity index (χ1) is 14.4. The van der Waals surface area contributed by atoms with Crippen LogP contribution in [0, 0.1) is 18.6 Å². The molecule has 156 valence electrons. The molecule has 0 bridgehead atoms. The maximum atomic E-state index is 14.7. The van der Waals surface area contributed by atoms with Gasteiger partial charge in [-0.25, -0.2) is 13.5 Å². The molecule has 0 N–H and O–H groups in total. The zero-order chi connectivity index (χ0) is 21.4. The van der Waals surface area contributed by atoms with Gasteiger partial charge in [0.2, 0.25) is 6.41 Å². The Morgan fingerprint density at radius 1 is 1.13 bits per heavy atom. The van der Waals surface area contributed by atoms with Crippen LogP contribution in [0.2, 0.25) is 5.02 Å². The molecule has 1 amide bonds. The summed E-state index contributed by atoms with van der Waals surface area (Å²) in [5, 5.41) is 5.30. The van der Waals surface area contributed by atoms with Gasteiger partial charge in [0.15, 0.2) is 5.82 Å². The predicted octanol–water partition coefficient (Wildman–Crippen LogP) is 4.22. The van der Waals surface area contributed by atoms with Gasteiger partial charge in [-0.05, 0) is 38.2 Å². The second kappa shape index (κ2) is 8.16. The highest BCUT2D eigenvalue weighted by Crippen LogP contribution is 2.35. The summed E-state index contributed by atoms with van der Waals surface area (Å²) in [6, 6.07) is 10.3. The molecule has 1 fully saturated rings. The van der Waals surface area contributed by atoms with Crippen LogP contribution in [-0.4, -0.2) is 52.7 Å². The smallest absolute Gasteiger partial charge is 0.210 e. The van der Waals surface area contributed by atoms with E-state index >= 15 is 0 Å². The number of nitrogens with zero attached hydrogens (tertiary/aromatic N) is 4. The molecule has 0 aliphatic carbocycles. The number of amides is 1. The lowest BCUT2D eigenvalue weighted by Crippen LogP contribution is -2.46. The minimum atomic E-state index is -0.715. The van der Waals surface area contributed by atoms with E-state index in [0.717, 1.165) is 30.1 Å². The van der Waals surface area contributed by atoms with Crippen molar-refractivity contribution in [1.82, 2.24) is 19.6 Å². The first-order valence-electron chi connectivity index (χ1n) is 9.59. The molecule has 1 aliphatic rings. The highest BCUT2D eigenvalue weighted by atomic mass is 35.5. The normalized spacial score (nSPS) is 17.4. The average Bonchev–Trinajstić information content (AvgIpc) is 3.05. The Bertz CT molecular complexity index is 1080. The fourth-order valence-electron chi connectivity index (χ4n) is 3.91. The van der Waals surface area contributed by atoms with Crippen molar-refractivity contribution in [2.75, 3.05) is 26.7 Å². The van der Waals surface area contributed by atoms with Gasteiger partial charge in [0.25, 0.3) is 0 Å². The lowest BCUT2D eigenvalue weighted by molar-refractivity contribution is -0.122. The van der Waals surface area contributed by atoms with Crippen LogP contribution in [0.1, 0.15) is 17.3 Å². The third-order valence-corrected chi connectivity index (χ3v) is 5.74. The largest absolute Gasteiger partial charge is 0.334 e. The molecule has 2 heterocycles. The summed E-state index contributed by atoms with van der Waals surface area (Å²) < 4.78 is 29.7. The fraction of sp³-hybridized carbons (Fsp3) is 0.273. The lowest BCUT2D eigenvalue weighted by Gasteiger charge is -2.37. The van der Waals surface area contributed by atoms with E-state index in [1.807, 2.05) is 26.1 Å². The number of carbonyl (C=O) groups is 1. The molecule has 5 nitrogen and oxygen atoms in total. The summed E-state index contributed by atoms with van der Waals surface area (Å²) in [4.78, 5) is 15.5. The van der Waals surface area contributed by atoms with Gasteiger partial charge in [0, 0.05) is 41.9 Å². The minimum absolute atomic E-state index is 0.137. The molecule has 2 aromatic carbocycles. The second-order valence-corrected chi connectivity index (χ2v) is 7.93. The van der Waals surface area contributed by atoms with E-state index in [9.17, 15) is 13.6 Å². The van der Waals surface area contributed by atoms with Crippen LogP contribution < -0.4 is 0 Å². The Morgan fingerprint density at radius 3 is 2.53 bits per heavy atom. The fourth-order valence-corrected chi connectivity index (χ4v) is 4.03. The first kappa shape index (κ1) is 20.5. The van der Waals surface area contributed by atoms with E-state index < -0.39 is 11.6 Å². The summed E-state index contributed by atoms with van der Waals surface area (Å²) in [6.45, 7) is 3.87. The number of hydrogen-bond acceptors (Lipinski definition) is 3. The number of rotatable bonds is 4. The van der Waals surface area contributed by atoms with Gasteiger partial charge in [0.05, 0.1) is 17.4 Å². The third kappa shape index (κ3) is 3.70. The van der Waals surface area contributed by atoms with Crippen LogP contribution >= 0.6 is 11.6 Å². The topological polar surface area (TPSA) is 41.4 Å². The monoisotopic (exact) mass is 430 g/mol. The Hall–Kier alpha value is -2.77. The standard InChI is InChI=1S/C22H21ClF2N4O/c1-14-21(20-12-27(2)9-10-28(20)13-30)26-29(19-8-7-17(24)11-18(19)25)22(14)15-3-5-16(23)6-4-15/h3-8,11,13,20H,9-10,12H2,1-2H3. The average molecular weight is 431 g/mol. The molecule has 3 aromatic rings. The summed E-state index contributed by atoms with van der Waals surface area (Å²) in [5.41, 5.74) is 3.11. The highest BCUT2D eigenvalue weighted by molar-refractivity contribution is 6.30. The van der Waals surface area contributed by atoms with E-state index in [4.69, 9.17) is 16.7 Å². The van der Waals surface area contributed by atoms with Gasteiger partial charge in [-0.3, -0.25) is 4.79 Å². The Morgan fingerprint density at radius 2 is 1.87 bits per heavy atom. The summed E-state index contributed by atoms with van der Waals surface area (Å²) in [5.74, 6) is -1.37. The van der Waals surface area contributed by atoms with E-state index in [0.29, 0.717) is 29.5 Å². The molecule has 4 rings (SSSR count). The summed E-state index contributed by atoms with van der Waals surface area (Å²) in [6.07, 6.45) is 0.830. The Balaban J connectivity index is 1.93. The van der Waals surface area contributed by atoms with Crippen LogP contribution in [-0.2, 0) is 4.79 Å². The molecule has 0 saturated carbocycles. The van der Waals surface area contributed by atoms with Crippen molar-refractivity contribution in [2.45, 2.75) is 13.0 Å². The van der Waals surface area contributed by atoms with Crippen molar-refractivity contribution in [2.24, 2.45) is 0 Å². The minimum Gasteiger partial charge on any atom is -0.334 e. The Kier molecular flexibility index (Phi) is 5.58. The number of aromatic nitrogens is 2. The van der Waals surface area contributed by atoms with E-state index in [-0.39, 0.29) is 11.7 Å². The summed E-state index contributed by atoms with van der Waals surface area (Å²) in [7, 11) is 1.99. The first-order valence-corrected chi connectivity index (χ1v) is 9.97. The van der Waals surface area contributed by atoms with Crippen LogP contribution in [0.5, 0.6) is 0 Å². The zero-order valence-electron chi connectivity index (χ0n) is 16.6. The molecule has 1 unspecified atom stereocenters. The molecule has 1 aromatic heterocycles. The maximum Gasteiger partial charge on any atom is 0.210 e. The van der Waals surface area contributed by atoms with Gasteiger partial charge >= 0.3 is 0 Å². The van der Waals surface area contributed by atoms with Gasteiger partial charge in [-0.1, -0.05) is 23.7 Å². The van der Waals surface area contributed by atoms with Crippen molar-refractivity contribution in [3.05, 3.63) is 70.4 Å². The molecule has 30 heavy (non-hydrogen) atoms. The van der Waals surface area contributed by atoms with Gasteiger partial charge in [-0.15, -0.1) is 0 Å². The molecule has 1 saturated heterocycles. The van der Waals surface area contributed by atoms with Crippen molar-refractivity contribution < 1.29 is 13.6 Å². The number of halogens is 3. The van der Waals surface area contributed by atoms with Gasteiger partial charge in [-0.2, -0.15) is 5.10 Å². The second-order valence-electron chi connectivity index (χ2n) is 7.49.